The van der Waals surface area contributed by atoms with E-state index >= 15 is 0 Å². The highest BCUT2D eigenvalue weighted by Crippen LogP contribution is 2.26. The van der Waals surface area contributed by atoms with Gasteiger partial charge in [0, 0.05) is 42.0 Å². The SMILES string of the molecule is C=C1CC(=O)N(CC(O)CCOCC(CC)(COCCC(O)CN2C(=O)CC(=C)C2=O)COCCC(O)CN2C(=O)CC(=C)C2=O)C1=O. The van der Waals surface area contributed by atoms with Gasteiger partial charge in [0.15, 0.2) is 0 Å². The molecule has 3 atom stereocenters. The second-order valence-corrected chi connectivity index (χ2v) is 12.6. The van der Waals surface area contributed by atoms with E-state index in [0.29, 0.717) is 6.42 Å². The molecule has 3 fully saturated rings. The average Bonchev–Trinajstić information content (AvgIpc) is 3.53. The van der Waals surface area contributed by atoms with Gasteiger partial charge in [-0.05, 0) is 25.7 Å². The molecule has 0 spiro atoms. The zero-order valence-corrected chi connectivity index (χ0v) is 27.5. The minimum absolute atomic E-state index is 0.0658. The smallest absolute Gasteiger partial charge is 0.256 e. The van der Waals surface area contributed by atoms with E-state index in [0.717, 1.165) is 14.7 Å². The summed E-state index contributed by atoms with van der Waals surface area (Å²) in [7, 11) is 0. The molecular weight excluding hydrogens is 630 g/mol. The third-order valence-corrected chi connectivity index (χ3v) is 8.58. The van der Waals surface area contributed by atoms with Gasteiger partial charge in [-0.3, -0.25) is 43.5 Å². The Kier molecular flexibility index (Phi) is 14.3. The molecule has 0 aromatic carbocycles. The maximum absolute atomic E-state index is 12.1. The van der Waals surface area contributed by atoms with Gasteiger partial charge in [0.05, 0.1) is 77.0 Å². The van der Waals surface area contributed by atoms with Gasteiger partial charge in [-0.25, -0.2) is 0 Å². The largest absolute Gasteiger partial charge is 0.391 e. The van der Waals surface area contributed by atoms with Crippen LogP contribution in [0, 0.1) is 5.41 Å². The summed E-state index contributed by atoms with van der Waals surface area (Å²) >= 11 is 0. The van der Waals surface area contributed by atoms with Gasteiger partial charge in [0.1, 0.15) is 0 Å². The minimum Gasteiger partial charge on any atom is -0.391 e. The van der Waals surface area contributed by atoms with Crippen LogP contribution in [0.5, 0.6) is 0 Å². The fraction of sp³-hybridized carbons (Fsp3) is 0.636. The zero-order chi connectivity index (χ0) is 35.6. The van der Waals surface area contributed by atoms with E-state index in [9.17, 15) is 44.1 Å². The topological polar surface area (TPSA) is 201 Å². The Hall–Kier alpha value is -3.60. The Bertz CT molecular complexity index is 1150. The van der Waals surface area contributed by atoms with Crippen molar-refractivity contribution in [1.29, 1.82) is 0 Å². The number of nitrogens with zero attached hydrogens (tertiary/aromatic N) is 3. The van der Waals surface area contributed by atoms with Gasteiger partial charge < -0.3 is 29.5 Å². The first-order valence-electron chi connectivity index (χ1n) is 16.0. The molecule has 3 unspecified atom stereocenters. The second kappa shape index (κ2) is 17.7. The van der Waals surface area contributed by atoms with E-state index in [4.69, 9.17) is 14.2 Å². The normalized spacial score (nSPS) is 20.5. The van der Waals surface area contributed by atoms with Gasteiger partial charge >= 0.3 is 0 Å². The van der Waals surface area contributed by atoms with Gasteiger partial charge in [-0.2, -0.15) is 0 Å². The summed E-state index contributed by atoms with van der Waals surface area (Å²) < 4.78 is 17.7. The standard InChI is InChI=1S/C33H47N3O12/c1-5-33(18-46-9-6-24(37)15-34-27(40)12-21(2)30(34)43,19-47-10-7-25(38)16-35-28(41)13-22(3)31(35)44)20-48-11-8-26(39)17-36-29(42)14-23(4)32(36)45/h24-26,37-39H,2-20H2,1H3. The van der Waals surface area contributed by atoms with Crippen molar-refractivity contribution >= 4 is 35.4 Å². The van der Waals surface area contributed by atoms with Crippen LogP contribution in [0.4, 0.5) is 0 Å². The Balaban J connectivity index is 1.49. The average molecular weight is 678 g/mol. The number of carbonyl (C=O) groups excluding carboxylic acids is 6. The maximum Gasteiger partial charge on any atom is 0.256 e. The van der Waals surface area contributed by atoms with Gasteiger partial charge in [0.2, 0.25) is 17.7 Å². The van der Waals surface area contributed by atoms with Crippen LogP contribution in [0.1, 0.15) is 51.9 Å². The molecule has 3 saturated heterocycles. The fourth-order valence-corrected chi connectivity index (χ4v) is 5.39. The summed E-state index contributed by atoms with van der Waals surface area (Å²) in [6, 6.07) is 0. The number of carbonyl (C=O) groups is 6. The van der Waals surface area contributed by atoms with E-state index in [1.54, 1.807) is 0 Å². The van der Waals surface area contributed by atoms with Crippen molar-refractivity contribution in [2.24, 2.45) is 5.41 Å². The summed E-state index contributed by atoms with van der Waals surface area (Å²) in [4.78, 5) is 75.1. The molecule has 3 aliphatic heterocycles. The first-order chi connectivity index (χ1) is 22.7. The highest BCUT2D eigenvalue weighted by molar-refractivity contribution is 6.14. The molecule has 6 amide bonds. The summed E-state index contributed by atoms with van der Waals surface area (Å²) in [6.45, 7) is 12.8. The third-order valence-electron chi connectivity index (χ3n) is 8.58. The number of hydrogen-bond acceptors (Lipinski definition) is 12. The molecule has 3 heterocycles. The predicted octanol–water partition coefficient (Wildman–Crippen LogP) is -0.369. The molecule has 0 aromatic heterocycles. The van der Waals surface area contributed by atoms with Crippen molar-refractivity contribution in [3.8, 4) is 0 Å². The number of likely N-dealkylation sites (tertiary alicyclic amines) is 3. The molecule has 15 heteroatoms. The third kappa shape index (κ3) is 10.4. The lowest BCUT2D eigenvalue weighted by Crippen LogP contribution is -2.40. The van der Waals surface area contributed by atoms with Crippen molar-refractivity contribution in [3.05, 3.63) is 36.5 Å². The number of imide groups is 3. The van der Waals surface area contributed by atoms with E-state index in [-0.39, 0.29) is 115 Å². The molecule has 3 rings (SSSR count). The molecule has 0 saturated carbocycles. The van der Waals surface area contributed by atoms with Crippen LogP contribution in [-0.2, 0) is 43.0 Å². The van der Waals surface area contributed by atoms with Crippen molar-refractivity contribution < 1.29 is 58.3 Å². The highest BCUT2D eigenvalue weighted by Gasteiger charge is 2.36. The van der Waals surface area contributed by atoms with Crippen molar-refractivity contribution in [1.82, 2.24) is 14.7 Å². The van der Waals surface area contributed by atoms with Crippen LogP contribution < -0.4 is 0 Å². The molecule has 266 valence electrons. The number of amides is 6. The lowest BCUT2D eigenvalue weighted by atomic mass is 9.88. The Morgan fingerprint density at radius 3 is 1.06 bits per heavy atom. The zero-order valence-electron chi connectivity index (χ0n) is 27.5. The molecule has 3 N–H and O–H groups in total. The fourth-order valence-electron chi connectivity index (χ4n) is 5.39. The Morgan fingerprint density at radius 1 is 0.583 bits per heavy atom. The van der Waals surface area contributed by atoms with Crippen LogP contribution in [-0.4, -0.2) is 143 Å². The highest BCUT2D eigenvalue weighted by atomic mass is 16.5. The summed E-state index contributed by atoms with van der Waals surface area (Å²) in [5.41, 5.74) is -0.145. The number of β-amino-alcohol motifs (C(OH)–C–C–N with tert-alkyl or cyclic N) is 3. The number of aliphatic hydroxyl groups is 3. The molecule has 48 heavy (non-hydrogen) atoms. The van der Waals surface area contributed by atoms with Gasteiger partial charge in [-0.15, -0.1) is 0 Å². The molecular formula is C33H47N3O12. The lowest BCUT2D eigenvalue weighted by molar-refractivity contribution is -0.140. The molecule has 0 radical (unpaired) electrons. The van der Waals surface area contributed by atoms with Crippen molar-refractivity contribution in [2.75, 3.05) is 59.3 Å². The van der Waals surface area contributed by atoms with Gasteiger partial charge in [0.25, 0.3) is 17.7 Å². The van der Waals surface area contributed by atoms with E-state index in [1.807, 2.05) is 6.92 Å². The van der Waals surface area contributed by atoms with Crippen LogP contribution in [0.15, 0.2) is 36.5 Å². The lowest BCUT2D eigenvalue weighted by Gasteiger charge is -2.32. The van der Waals surface area contributed by atoms with E-state index in [2.05, 4.69) is 19.7 Å². The van der Waals surface area contributed by atoms with Crippen LogP contribution in [0.2, 0.25) is 0 Å². The molecule has 0 aromatic rings. The molecule has 15 nitrogen and oxygen atoms in total. The first kappa shape index (κ1) is 38.8. The van der Waals surface area contributed by atoms with Crippen LogP contribution in [0.25, 0.3) is 0 Å². The molecule has 0 aliphatic carbocycles. The first-order valence-corrected chi connectivity index (χ1v) is 16.0. The number of hydrogen-bond donors (Lipinski definition) is 3. The Labute approximate surface area is 279 Å². The van der Waals surface area contributed by atoms with Gasteiger partial charge in [-0.1, -0.05) is 26.7 Å². The monoisotopic (exact) mass is 677 g/mol. The quantitative estimate of drug-likeness (QED) is 0.0764. The summed E-state index contributed by atoms with van der Waals surface area (Å²) in [6.07, 6.45) is -2.26. The van der Waals surface area contributed by atoms with E-state index < -0.39 is 59.2 Å². The number of rotatable bonds is 22. The number of aliphatic hydroxyl groups excluding tert-OH is 3. The maximum atomic E-state index is 12.1. The molecule has 3 aliphatic rings. The minimum atomic E-state index is -1.01. The Morgan fingerprint density at radius 2 is 0.854 bits per heavy atom. The van der Waals surface area contributed by atoms with Crippen molar-refractivity contribution in [3.63, 3.8) is 0 Å². The van der Waals surface area contributed by atoms with E-state index in [1.165, 1.54) is 0 Å². The summed E-state index contributed by atoms with van der Waals surface area (Å²) in [5, 5.41) is 31.2. The van der Waals surface area contributed by atoms with Crippen LogP contribution >= 0.6 is 0 Å². The second-order valence-electron chi connectivity index (χ2n) is 12.6. The predicted molar refractivity (Wildman–Crippen MR) is 168 cm³/mol. The van der Waals surface area contributed by atoms with Crippen LogP contribution in [0.3, 0.4) is 0 Å². The number of ether oxygens (including phenoxy) is 3. The molecule has 0 bridgehead atoms. The van der Waals surface area contributed by atoms with Crippen molar-refractivity contribution in [2.45, 2.75) is 70.2 Å². The summed E-state index contributed by atoms with van der Waals surface area (Å²) in [5.74, 6) is -2.72.